The molecule has 0 saturated heterocycles. The third-order valence-electron chi connectivity index (χ3n) is 2.12. The molecule has 0 fully saturated rings. The van der Waals surface area contributed by atoms with Crippen molar-refractivity contribution in [1.29, 1.82) is 0 Å². The lowest BCUT2D eigenvalue weighted by Gasteiger charge is -2.01. The van der Waals surface area contributed by atoms with Crippen LogP contribution in [0.1, 0.15) is 0 Å². The molecule has 0 bridgehead atoms. The maximum absolute atomic E-state index is 11.6. The Labute approximate surface area is 101 Å². The lowest BCUT2D eigenvalue weighted by atomic mass is 10.5. The molecule has 2 aromatic rings. The van der Waals surface area contributed by atoms with Crippen molar-refractivity contribution in [2.24, 2.45) is 7.05 Å². The third kappa shape index (κ3) is 2.70. The summed E-state index contributed by atoms with van der Waals surface area (Å²) in [4.78, 5) is 21.5. The number of nitrogens with one attached hydrogen (secondary N) is 1. The number of anilines is 1. The second-order valence-corrected chi connectivity index (χ2v) is 3.60. The van der Waals surface area contributed by atoms with E-state index in [0.29, 0.717) is 5.69 Å². The first-order chi connectivity index (χ1) is 8.54. The van der Waals surface area contributed by atoms with Crippen LogP contribution in [0.3, 0.4) is 0 Å². The second-order valence-electron chi connectivity index (χ2n) is 3.60. The fourth-order valence-electron chi connectivity index (χ4n) is 1.37. The van der Waals surface area contributed by atoms with Gasteiger partial charge in [-0.1, -0.05) is 0 Å². The number of hydrogen-bond donors (Lipinski definition) is 1. The van der Waals surface area contributed by atoms with Crippen LogP contribution in [-0.4, -0.2) is 30.4 Å². The van der Waals surface area contributed by atoms with Gasteiger partial charge in [-0.15, -0.1) is 0 Å². The van der Waals surface area contributed by atoms with E-state index in [-0.39, 0.29) is 18.1 Å². The van der Waals surface area contributed by atoms with Crippen molar-refractivity contribution in [2.45, 2.75) is 6.54 Å². The first-order valence-electron chi connectivity index (χ1n) is 5.00. The van der Waals surface area contributed by atoms with Crippen molar-refractivity contribution in [3.63, 3.8) is 0 Å². The van der Waals surface area contributed by atoms with Gasteiger partial charge in [0.25, 0.3) is 0 Å². The van der Waals surface area contributed by atoms with Crippen LogP contribution in [-0.2, 0) is 18.4 Å². The molecule has 0 atom stereocenters. The minimum absolute atomic E-state index is 0.0945. The largest absolute Gasteiger partial charge is 0.322 e. The molecule has 9 heteroatoms. The standard InChI is InChI=1S/C9H10N6O3/c1-13-4-7(2-10-13)12-9(16)6-14-5-8(3-11-14)15(17)18/h2-5H,6H2,1H3,(H,12,16). The van der Waals surface area contributed by atoms with E-state index in [2.05, 4.69) is 15.5 Å². The van der Waals surface area contributed by atoms with E-state index >= 15 is 0 Å². The summed E-state index contributed by atoms with van der Waals surface area (Å²) in [5.74, 6) is -0.332. The molecule has 0 spiro atoms. The van der Waals surface area contributed by atoms with Crippen molar-refractivity contribution in [3.05, 3.63) is 34.9 Å². The molecule has 18 heavy (non-hydrogen) atoms. The zero-order chi connectivity index (χ0) is 13.1. The lowest BCUT2D eigenvalue weighted by molar-refractivity contribution is -0.385. The van der Waals surface area contributed by atoms with E-state index in [1.165, 1.54) is 17.1 Å². The van der Waals surface area contributed by atoms with Crippen molar-refractivity contribution in [1.82, 2.24) is 19.6 Å². The lowest BCUT2D eigenvalue weighted by Crippen LogP contribution is -2.18. The van der Waals surface area contributed by atoms with Crippen LogP contribution in [0, 0.1) is 10.1 Å². The zero-order valence-electron chi connectivity index (χ0n) is 9.48. The Bertz CT molecular complexity index is 587. The van der Waals surface area contributed by atoms with Crippen LogP contribution in [0.5, 0.6) is 0 Å². The summed E-state index contributed by atoms with van der Waals surface area (Å²) in [6.45, 7) is -0.0945. The fraction of sp³-hybridized carbons (Fsp3) is 0.222. The molecule has 2 heterocycles. The highest BCUT2D eigenvalue weighted by Gasteiger charge is 2.11. The van der Waals surface area contributed by atoms with Gasteiger partial charge in [-0.05, 0) is 0 Å². The van der Waals surface area contributed by atoms with Crippen LogP contribution in [0.25, 0.3) is 0 Å². The van der Waals surface area contributed by atoms with Crippen LogP contribution in [0.15, 0.2) is 24.8 Å². The molecule has 1 amide bonds. The molecule has 0 aliphatic heterocycles. The van der Waals surface area contributed by atoms with Gasteiger partial charge in [-0.25, -0.2) is 0 Å². The first-order valence-corrected chi connectivity index (χ1v) is 5.00. The van der Waals surface area contributed by atoms with Gasteiger partial charge in [0.1, 0.15) is 18.9 Å². The summed E-state index contributed by atoms with van der Waals surface area (Å²) in [5.41, 5.74) is 0.410. The van der Waals surface area contributed by atoms with Crippen LogP contribution in [0.2, 0.25) is 0 Å². The molecular weight excluding hydrogens is 240 g/mol. The summed E-state index contributed by atoms with van der Waals surface area (Å²) < 4.78 is 2.75. The topological polar surface area (TPSA) is 108 Å². The number of nitro groups is 1. The Kier molecular flexibility index (Phi) is 3.04. The average Bonchev–Trinajstić information content (AvgIpc) is 2.88. The molecule has 0 aliphatic carbocycles. The molecule has 0 aliphatic rings. The number of nitrogens with zero attached hydrogens (tertiary/aromatic N) is 5. The zero-order valence-corrected chi connectivity index (χ0v) is 9.48. The van der Waals surface area contributed by atoms with Gasteiger partial charge in [0.05, 0.1) is 16.8 Å². The van der Waals surface area contributed by atoms with Crippen LogP contribution >= 0.6 is 0 Å². The van der Waals surface area contributed by atoms with E-state index in [9.17, 15) is 14.9 Å². The first kappa shape index (κ1) is 11.8. The molecule has 0 saturated carbocycles. The highest BCUT2D eigenvalue weighted by atomic mass is 16.6. The average molecular weight is 250 g/mol. The number of aromatic nitrogens is 4. The molecular formula is C9H10N6O3. The summed E-state index contributed by atoms with van der Waals surface area (Å²) >= 11 is 0. The molecule has 2 rings (SSSR count). The quantitative estimate of drug-likeness (QED) is 0.614. The Balaban J connectivity index is 1.96. The summed E-state index contributed by atoms with van der Waals surface area (Å²) in [7, 11) is 1.73. The summed E-state index contributed by atoms with van der Waals surface area (Å²) in [5, 5.41) is 20.6. The van der Waals surface area contributed by atoms with Gasteiger partial charge in [0, 0.05) is 13.2 Å². The maximum Gasteiger partial charge on any atom is 0.307 e. The number of hydrogen-bond acceptors (Lipinski definition) is 5. The van der Waals surface area contributed by atoms with Gasteiger partial charge >= 0.3 is 5.69 Å². The van der Waals surface area contributed by atoms with Gasteiger partial charge in [0.2, 0.25) is 5.91 Å². The smallest absolute Gasteiger partial charge is 0.307 e. The normalized spacial score (nSPS) is 10.3. The predicted octanol–water partition coefficient (Wildman–Crippen LogP) is 0.163. The van der Waals surface area contributed by atoms with Crippen molar-refractivity contribution < 1.29 is 9.72 Å². The van der Waals surface area contributed by atoms with Crippen molar-refractivity contribution in [2.75, 3.05) is 5.32 Å². The number of rotatable bonds is 4. The SMILES string of the molecule is Cn1cc(NC(=O)Cn2cc([N+](=O)[O-])cn2)cn1. The molecule has 0 aromatic carbocycles. The Morgan fingerprint density at radius 1 is 1.44 bits per heavy atom. The van der Waals surface area contributed by atoms with Crippen LogP contribution in [0.4, 0.5) is 11.4 Å². The maximum atomic E-state index is 11.6. The van der Waals surface area contributed by atoms with Gasteiger partial charge in [0.15, 0.2) is 0 Å². The Morgan fingerprint density at radius 3 is 2.78 bits per heavy atom. The van der Waals surface area contributed by atoms with E-state index in [1.54, 1.807) is 17.9 Å². The highest BCUT2D eigenvalue weighted by Crippen LogP contribution is 2.08. The van der Waals surface area contributed by atoms with E-state index < -0.39 is 4.92 Å². The molecule has 9 nitrogen and oxygen atoms in total. The molecule has 2 aromatic heterocycles. The van der Waals surface area contributed by atoms with E-state index in [4.69, 9.17) is 0 Å². The van der Waals surface area contributed by atoms with Gasteiger partial charge in [-0.3, -0.25) is 24.3 Å². The van der Waals surface area contributed by atoms with Gasteiger partial charge < -0.3 is 5.32 Å². The molecule has 94 valence electrons. The summed E-state index contributed by atoms with van der Waals surface area (Å²) in [6.07, 6.45) is 5.44. The number of carbonyl (C=O) groups is 1. The summed E-state index contributed by atoms with van der Waals surface area (Å²) in [6, 6.07) is 0. The predicted molar refractivity (Wildman–Crippen MR) is 60.7 cm³/mol. The minimum Gasteiger partial charge on any atom is -0.322 e. The Morgan fingerprint density at radius 2 is 2.22 bits per heavy atom. The molecule has 0 radical (unpaired) electrons. The van der Waals surface area contributed by atoms with Crippen molar-refractivity contribution >= 4 is 17.3 Å². The highest BCUT2D eigenvalue weighted by molar-refractivity contribution is 5.90. The van der Waals surface area contributed by atoms with Crippen molar-refractivity contribution in [3.8, 4) is 0 Å². The fourth-order valence-corrected chi connectivity index (χ4v) is 1.37. The Hall–Kier alpha value is -2.71. The van der Waals surface area contributed by atoms with Gasteiger partial charge in [-0.2, -0.15) is 10.2 Å². The van der Waals surface area contributed by atoms with Crippen LogP contribution < -0.4 is 5.32 Å². The minimum atomic E-state index is -0.567. The molecule has 1 N–H and O–H groups in total. The van der Waals surface area contributed by atoms with E-state index in [1.807, 2.05) is 0 Å². The number of aryl methyl sites for hydroxylation is 1. The number of carbonyl (C=O) groups excluding carboxylic acids is 1. The second kappa shape index (κ2) is 4.65. The molecule has 0 unspecified atom stereocenters. The monoisotopic (exact) mass is 250 g/mol. The number of amides is 1. The van der Waals surface area contributed by atoms with E-state index in [0.717, 1.165) is 6.20 Å². The third-order valence-corrected chi connectivity index (χ3v) is 2.12.